The first kappa shape index (κ1) is 12.4. The summed E-state index contributed by atoms with van der Waals surface area (Å²) in [7, 11) is 1.21. The van der Waals surface area contributed by atoms with E-state index >= 15 is 0 Å². The van der Waals surface area contributed by atoms with Crippen LogP contribution in [0.5, 0.6) is 0 Å². The van der Waals surface area contributed by atoms with Crippen LogP contribution in [0.2, 0.25) is 0 Å². The van der Waals surface area contributed by atoms with Gasteiger partial charge < -0.3 is 9.72 Å². The fourth-order valence-electron chi connectivity index (χ4n) is 1.25. The van der Waals surface area contributed by atoms with Crippen molar-refractivity contribution in [1.82, 2.24) is 4.98 Å². The van der Waals surface area contributed by atoms with Crippen LogP contribution >= 0.6 is 0 Å². The van der Waals surface area contributed by atoms with Crippen LogP contribution in [0.4, 0.5) is 8.78 Å². The van der Waals surface area contributed by atoms with Crippen molar-refractivity contribution in [2.45, 2.75) is 19.8 Å². The van der Waals surface area contributed by atoms with Crippen LogP contribution in [0.3, 0.4) is 0 Å². The number of ether oxygens (including phenoxy) is 1. The minimum Gasteiger partial charge on any atom is -0.469 e. The quantitative estimate of drug-likeness (QED) is 0.798. The second-order valence-corrected chi connectivity index (χ2v) is 3.23. The zero-order valence-corrected chi connectivity index (χ0v) is 8.84. The third kappa shape index (κ3) is 2.44. The Morgan fingerprint density at radius 1 is 1.56 bits per heavy atom. The molecule has 1 aromatic rings. The summed E-state index contributed by atoms with van der Waals surface area (Å²) in [6.45, 7) is 1.39. The van der Waals surface area contributed by atoms with E-state index in [1.807, 2.05) is 0 Å². The minimum atomic E-state index is -2.82. The molecule has 0 aromatic carbocycles. The van der Waals surface area contributed by atoms with E-state index in [4.69, 9.17) is 0 Å². The molecule has 88 valence electrons. The summed E-state index contributed by atoms with van der Waals surface area (Å²) in [5, 5.41) is 0. The van der Waals surface area contributed by atoms with Crippen molar-refractivity contribution in [3.05, 3.63) is 33.2 Å². The van der Waals surface area contributed by atoms with E-state index in [-0.39, 0.29) is 12.0 Å². The van der Waals surface area contributed by atoms with Gasteiger partial charge in [0.25, 0.3) is 6.43 Å². The van der Waals surface area contributed by atoms with Gasteiger partial charge in [-0.1, -0.05) is 0 Å². The average molecular weight is 231 g/mol. The van der Waals surface area contributed by atoms with E-state index < -0.39 is 23.4 Å². The van der Waals surface area contributed by atoms with Crippen molar-refractivity contribution in [1.29, 1.82) is 0 Å². The number of pyridine rings is 1. The number of halogens is 2. The number of aromatic amines is 1. The molecular weight excluding hydrogens is 220 g/mol. The van der Waals surface area contributed by atoms with Gasteiger partial charge in [0, 0.05) is 17.5 Å². The van der Waals surface area contributed by atoms with E-state index in [1.54, 1.807) is 0 Å². The fraction of sp³-hybridized carbons (Fsp3) is 0.400. The van der Waals surface area contributed by atoms with E-state index in [2.05, 4.69) is 9.72 Å². The lowest BCUT2D eigenvalue weighted by Crippen LogP contribution is -2.18. The smallest absolute Gasteiger partial charge is 0.311 e. The summed E-state index contributed by atoms with van der Waals surface area (Å²) in [6.07, 6.45) is -2.03. The maximum Gasteiger partial charge on any atom is 0.311 e. The second kappa shape index (κ2) is 4.87. The highest BCUT2D eigenvalue weighted by Crippen LogP contribution is 2.15. The number of hydrogen-bond donors (Lipinski definition) is 1. The van der Waals surface area contributed by atoms with Crippen molar-refractivity contribution in [2.75, 3.05) is 7.11 Å². The van der Waals surface area contributed by atoms with Crippen LogP contribution in [0, 0.1) is 6.92 Å². The number of carbonyl (C=O) groups excluding carboxylic acids is 1. The third-order valence-corrected chi connectivity index (χ3v) is 2.24. The molecule has 16 heavy (non-hydrogen) atoms. The van der Waals surface area contributed by atoms with E-state index in [9.17, 15) is 18.4 Å². The molecule has 0 saturated heterocycles. The Kier molecular flexibility index (Phi) is 3.76. The molecule has 0 aliphatic rings. The lowest BCUT2D eigenvalue weighted by atomic mass is 10.1. The van der Waals surface area contributed by atoms with Gasteiger partial charge >= 0.3 is 5.97 Å². The minimum absolute atomic E-state index is 0.114. The molecule has 0 fully saturated rings. The summed E-state index contributed by atoms with van der Waals surface area (Å²) in [6, 6.07) is 0. The Labute approximate surface area is 90.2 Å². The summed E-state index contributed by atoms with van der Waals surface area (Å²) in [4.78, 5) is 24.9. The standard InChI is InChI=1S/C10H11F2NO3/c1-5-7(3-8(14)16-2)13-4-6(9(5)15)10(11)12/h4,10H,3H2,1-2H3,(H,13,15). The highest BCUT2D eigenvalue weighted by Gasteiger charge is 2.16. The van der Waals surface area contributed by atoms with Gasteiger partial charge in [-0.25, -0.2) is 8.78 Å². The maximum atomic E-state index is 12.4. The Bertz CT molecular complexity index is 454. The van der Waals surface area contributed by atoms with Crippen LogP contribution in [0.25, 0.3) is 0 Å². The predicted molar refractivity (Wildman–Crippen MR) is 52.5 cm³/mol. The van der Waals surface area contributed by atoms with Gasteiger partial charge in [0.05, 0.1) is 19.1 Å². The first-order valence-corrected chi connectivity index (χ1v) is 4.53. The molecular formula is C10H11F2NO3. The number of carbonyl (C=O) groups is 1. The Morgan fingerprint density at radius 3 is 2.69 bits per heavy atom. The van der Waals surface area contributed by atoms with Gasteiger partial charge in [-0.15, -0.1) is 0 Å². The van der Waals surface area contributed by atoms with Crippen LogP contribution < -0.4 is 5.43 Å². The summed E-state index contributed by atoms with van der Waals surface area (Å²) >= 11 is 0. The van der Waals surface area contributed by atoms with Crippen molar-refractivity contribution in [3.63, 3.8) is 0 Å². The predicted octanol–water partition coefficient (Wildman–Crippen LogP) is 1.34. The molecule has 6 heteroatoms. The van der Waals surface area contributed by atoms with E-state index in [0.29, 0.717) is 5.69 Å². The Hall–Kier alpha value is -1.72. The van der Waals surface area contributed by atoms with Crippen LogP contribution in [-0.4, -0.2) is 18.1 Å². The largest absolute Gasteiger partial charge is 0.469 e. The molecule has 1 heterocycles. The maximum absolute atomic E-state index is 12.4. The highest BCUT2D eigenvalue weighted by atomic mass is 19.3. The normalized spacial score (nSPS) is 10.6. The number of rotatable bonds is 3. The van der Waals surface area contributed by atoms with Crippen molar-refractivity contribution in [2.24, 2.45) is 0 Å². The zero-order valence-electron chi connectivity index (χ0n) is 8.84. The topological polar surface area (TPSA) is 59.2 Å². The Balaban J connectivity index is 3.12. The van der Waals surface area contributed by atoms with Gasteiger partial charge in [0.1, 0.15) is 0 Å². The number of nitrogens with one attached hydrogen (secondary N) is 1. The van der Waals surface area contributed by atoms with Crippen LogP contribution in [0.15, 0.2) is 11.0 Å². The molecule has 4 nitrogen and oxygen atoms in total. The number of aromatic nitrogens is 1. The molecule has 0 saturated carbocycles. The molecule has 0 unspecified atom stereocenters. The number of alkyl halides is 2. The monoisotopic (exact) mass is 231 g/mol. The first-order valence-electron chi connectivity index (χ1n) is 4.53. The molecule has 0 radical (unpaired) electrons. The Morgan fingerprint density at radius 2 is 2.19 bits per heavy atom. The SMILES string of the molecule is COC(=O)Cc1[nH]cc(C(F)F)c(=O)c1C. The molecule has 1 aromatic heterocycles. The van der Waals surface area contributed by atoms with Gasteiger partial charge in [0.2, 0.25) is 0 Å². The number of esters is 1. The average Bonchev–Trinajstić information content (AvgIpc) is 2.24. The molecule has 0 aliphatic heterocycles. The van der Waals surface area contributed by atoms with Crippen molar-refractivity contribution in [3.8, 4) is 0 Å². The molecule has 0 aliphatic carbocycles. The number of H-pyrrole nitrogens is 1. The molecule has 1 rings (SSSR count). The summed E-state index contributed by atoms with van der Waals surface area (Å²) < 4.78 is 29.1. The first-order chi connectivity index (χ1) is 7.47. The van der Waals surface area contributed by atoms with Crippen molar-refractivity contribution >= 4 is 5.97 Å². The number of hydrogen-bond acceptors (Lipinski definition) is 3. The van der Waals surface area contributed by atoms with E-state index in [0.717, 1.165) is 6.20 Å². The summed E-state index contributed by atoms with van der Waals surface area (Å²) in [5.74, 6) is -0.538. The van der Waals surface area contributed by atoms with Gasteiger partial charge in [-0.3, -0.25) is 9.59 Å². The third-order valence-electron chi connectivity index (χ3n) is 2.24. The lowest BCUT2D eigenvalue weighted by Gasteiger charge is -2.06. The van der Waals surface area contributed by atoms with Crippen molar-refractivity contribution < 1.29 is 18.3 Å². The highest BCUT2D eigenvalue weighted by molar-refractivity contribution is 5.72. The molecule has 0 atom stereocenters. The zero-order chi connectivity index (χ0) is 12.3. The second-order valence-electron chi connectivity index (χ2n) is 3.23. The molecule has 1 N–H and O–H groups in total. The fourth-order valence-corrected chi connectivity index (χ4v) is 1.25. The number of methoxy groups -OCH3 is 1. The van der Waals surface area contributed by atoms with Crippen LogP contribution in [0.1, 0.15) is 23.2 Å². The lowest BCUT2D eigenvalue weighted by molar-refractivity contribution is -0.139. The molecule has 0 spiro atoms. The van der Waals surface area contributed by atoms with Gasteiger partial charge in [0.15, 0.2) is 5.43 Å². The van der Waals surface area contributed by atoms with Crippen LogP contribution in [-0.2, 0) is 16.0 Å². The van der Waals surface area contributed by atoms with Gasteiger partial charge in [-0.2, -0.15) is 0 Å². The van der Waals surface area contributed by atoms with E-state index in [1.165, 1.54) is 14.0 Å². The van der Waals surface area contributed by atoms with Gasteiger partial charge in [-0.05, 0) is 6.92 Å². The molecule has 0 bridgehead atoms. The summed E-state index contributed by atoms with van der Waals surface area (Å²) in [5.41, 5.74) is -0.928. The molecule has 0 amide bonds.